The van der Waals surface area contributed by atoms with Gasteiger partial charge >= 0.3 is 0 Å². The molecule has 1 aromatic carbocycles. The molecule has 0 saturated carbocycles. The van der Waals surface area contributed by atoms with Gasteiger partial charge in [-0.15, -0.1) is 0 Å². The van der Waals surface area contributed by atoms with E-state index in [-0.39, 0.29) is 0 Å². The zero-order valence-electron chi connectivity index (χ0n) is 12.7. The van der Waals surface area contributed by atoms with Crippen LogP contribution in [0, 0.1) is 18.3 Å². The van der Waals surface area contributed by atoms with Crippen LogP contribution in [0.1, 0.15) is 11.3 Å². The van der Waals surface area contributed by atoms with Crippen LogP contribution < -0.4 is 9.47 Å². The standard InChI is InChI=1S/C18H15N3O2/c1-12-3-2-8-21-14(6-7-19)17(20-18(12)21)13-4-5-15-16(11-13)23-10-9-22-15/h2-5,8,11H,6,9-10H2,1H3. The summed E-state index contributed by atoms with van der Waals surface area (Å²) in [4.78, 5) is 4.77. The molecule has 1 aliphatic heterocycles. The highest BCUT2D eigenvalue weighted by Gasteiger charge is 2.18. The number of hydrogen-bond acceptors (Lipinski definition) is 4. The maximum atomic E-state index is 9.19. The Kier molecular flexibility index (Phi) is 3.16. The number of aromatic nitrogens is 2. The molecule has 0 saturated heterocycles. The van der Waals surface area contributed by atoms with Gasteiger partial charge in [0.15, 0.2) is 11.5 Å². The van der Waals surface area contributed by atoms with E-state index >= 15 is 0 Å². The summed E-state index contributed by atoms with van der Waals surface area (Å²) in [5.74, 6) is 1.48. The Hall–Kier alpha value is -3.00. The second-order valence-electron chi connectivity index (χ2n) is 5.49. The number of pyridine rings is 1. The van der Waals surface area contributed by atoms with Gasteiger partial charge in [-0.2, -0.15) is 5.26 Å². The fourth-order valence-corrected chi connectivity index (χ4v) is 2.92. The number of benzene rings is 1. The molecule has 5 nitrogen and oxygen atoms in total. The maximum absolute atomic E-state index is 9.19. The quantitative estimate of drug-likeness (QED) is 0.730. The van der Waals surface area contributed by atoms with Crippen molar-refractivity contribution < 1.29 is 9.47 Å². The summed E-state index contributed by atoms with van der Waals surface area (Å²) >= 11 is 0. The van der Waals surface area contributed by atoms with Gasteiger partial charge in [-0.1, -0.05) is 6.07 Å². The monoisotopic (exact) mass is 305 g/mol. The van der Waals surface area contributed by atoms with Crippen molar-refractivity contribution >= 4 is 5.65 Å². The zero-order chi connectivity index (χ0) is 15.8. The predicted octanol–water partition coefficient (Wildman–Crippen LogP) is 3.15. The second-order valence-corrected chi connectivity index (χ2v) is 5.49. The Balaban J connectivity index is 1.93. The van der Waals surface area contributed by atoms with Crippen LogP contribution in [0.3, 0.4) is 0 Å². The van der Waals surface area contributed by atoms with Gasteiger partial charge in [-0.05, 0) is 36.8 Å². The molecule has 114 valence electrons. The highest BCUT2D eigenvalue weighted by atomic mass is 16.6. The number of aryl methyl sites for hydroxylation is 1. The fourth-order valence-electron chi connectivity index (χ4n) is 2.92. The topological polar surface area (TPSA) is 59.5 Å². The Morgan fingerprint density at radius 2 is 2.04 bits per heavy atom. The van der Waals surface area contributed by atoms with Crippen molar-refractivity contribution in [1.82, 2.24) is 9.38 Å². The van der Waals surface area contributed by atoms with Crippen molar-refractivity contribution in [3.05, 3.63) is 47.8 Å². The van der Waals surface area contributed by atoms with Crippen molar-refractivity contribution in [3.8, 4) is 28.8 Å². The highest BCUT2D eigenvalue weighted by molar-refractivity contribution is 5.71. The summed E-state index contributed by atoms with van der Waals surface area (Å²) in [7, 11) is 0. The Morgan fingerprint density at radius 3 is 2.87 bits per heavy atom. The van der Waals surface area contributed by atoms with E-state index < -0.39 is 0 Å². The Bertz CT molecular complexity index is 937. The van der Waals surface area contributed by atoms with Crippen molar-refractivity contribution in [2.45, 2.75) is 13.3 Å². The molecule has 5 heteroatoms. The van der Waals surface area contributed by atoms with Crippen LogP contribution >= 0.6 is 0 Å². The molecule has 0 amide bonds. The molecule has 4 rings (SSSR count). The van der Waals surface area contributed by atoms with Gasteiger partial charge in [0.25, 0.3) is 0 Å². The molecule has 1 aliphatic rings. The van der Waals surface area contributed by atoms with E-state index in [4.69, 9.17) is 14.5 Å². The van der Waals surface area contributed by atoms with Crippen molar-refractivity contribution in [2.75, 3.05) is 13.2 Å². The molecular weight excluding hydrogens is 290 g/mol. The van der Waals surface area contributed by atoms with E-state index in [1.165, 1.54) is 0 Å². The summed E-state index contributed by atoms with van der Waals surface area (Å²) in [6, 6.07) is 12.0. The maximum Gasteiger partial charge on any atom is 0.162 e. The van der Waals surface area contributed by atoms with Gasteiger partial charge in [0.05, 0.1) is 23.9 Å². The van der Waals surface area contributed by atoms with Crippen LogP contribution in [0.15, 0.2) is 36.5 Å². The van der Waals surface area contributed by atoms with E-state index in [1.807, 2.05) is 47.9 Å². The lowest BCUT2D eigenvalue weighted by Gasteiger charge is -2.18. The third-order valence-corrected chi connectivity index (χ3v) is 4.01. The van der Waals surface area contributed by atoms with Crippen LogP contribution in [-0.2, 0) is 6.42 Å². The first-order valence-corrected chi connectivity index (χ1v) is 7.51. The van der Waals surface area contributed by atoms with Gasteiger partial charge in [-0.3, -0.25) is 0 Å². The van der Waals surface area contributed by atoms with Gasteiger partial charge < -0.3 is 13.9 Å². The summed E-state index contributed by atoms with van der Waals surface area (Å²) in [5.41, 5.74) is 4.60. The average Bonchev–Trinajstić information content (AvgIpc) is 2.95. The number of fused-ring (bicyclic) bond motifs is 2. The lowest BCUT2D eigenvalue weighted by Crippen LogP contribution is -2.15. The molecule has 0 bridgehead atoms. The largest absolute Gasteiger partial charge is 0.486 e. The van der Waals surface area contributed by atoms with Crippen LogP contribution in [0.2, 0.25) is 0 Å². The number of imidazole rings is 1. The van der Waals surface area contributed by atoms with E-state index in [9.17, 15) is 5.26 Å². The molecule has 0 unspecified atom stereocenters. The van der Waals surface area contributed by atoms with Gasteiger partial charge in [0.1, 0.15) is 18.9 Å². The fraction of sp³-hybridized carbons (Fsp3) is 0.222. The van der Waals surface area contributed by atoms with Crippen molar-refractivity contribution in [3.63, 3.8) is 0 Å². The summed E-state index contributed by atoms with van der Waals surface area (Å²) in [5, 5.41) is 9.19. The van der Waals surface area contributed by atoms with E-state index in [1.54, 1.807) is 0 Å². The lowest BCUT2D eigenvalue weighted by molar-refractivity contribution is 0.171. The first-order valence-electron chi connectivity index (χ1n) is 7.51. The predicted molar refractivity (Wildman–Crippen MR) is 85.7 cm³/mol. The minimum atomic E-state index is 0.300. The first-order chi connectivity index (χ1) is 11.3. The second kappa shape index (κ2) is 5.33. The van der Waals surface area contributed by atoms with Crippen LogP contribution in [0.25, 0.3) is 16.9 Å². The first kappa shape index (κ1) is 13.6. The lowest BCUT2D eigenvalue weighted by atomic mass is 10.1. The number of nitriles is 1. The van der Waals surface area contributed by atoms with Gasteiger partial charge in [0, 0.05) is 11.8 Å². The third kappa shape index (κ3) is 2.20. The molecule has 0 aliphatic carbocycles. The molecule has 3 aromatic rings. The van der Waals surface area contributed by atoms with Crippen molar-refractivity contribution in [1.29, 1.82) is 5.26 Å². The Labute approximate surface area is 133 Å². The molecule has 0 radical (unpaired) electrons. The zero-order valence-corrected chi connectivity index (χ0v) is 12.7. The number of hydrogen-bond donors (Lipinski definition) is 0. The number of ether oxygens (including phenoxy) is 2. The summed E-state index contributed by atoms with van der Waals surface area (Å²) < 4.78 is 13.2. The minimum absolute atomic E-state index is 0.300. The van der Waals surface area contributed by atoms with E-state index in [0.717, 1.165) is 39.7 Å². The van der Waals surface area contributed by atoms with Crippen molar-refractivity contribution in [2.24, 2.45) is 0 Å². The molecule has 3 heterocycles. The van der Waals surface area contributed by atoms with Gasteiger partial charge in [-0.25, -0.2) is 4.98 Å². The van der Waals surface area contributed by atoms with Crippen LogP contribution in [0.4, 0.5) is 0 Å². The molecule has 0 atom stereocenters. The van der Waals surface area contributed by atoms with E-state index in [2.05, 4.69) is 6.07 Å². The van der Waals surface area contributed by atoms with Crippen LogP contribution in [0.5, 0.6) is 11.5 Å². The molecular formula is C18H15N3O2. The molecule has 0 fully saturated rings. The van der Waals surface area contributed by atoms with E-state index in [0.29, 0.717) is 19.6 Å². The summed E-state index contributed by atoms with van der Waals surface area (Å²) in [6.45, 7) is 3.14. The third-order valence-electron chi connectivity index (χ3n) is 4.01. The smallest absolute Gasteiger partial charge is 0.162 e. The SMILES string of the molecule is Cc1cccn2c(CC#N)c(-c3ccc4c(c3)OCCO4)nc12. The normalized spacial score (nSPS) is 13.0. The number of rotatable bonds is 2. The minimum Gasteiger partial charge on any atom is -0.486 e. The Morgan fingerprint density at radius 1 is 1.22 bits per heavy atom. The number of nitrogens with zero attached hydrogens (tertiary/aromatic N) is 3. The average molecular weight is 305 g/mol. The summed E-state index contributed by atoms with van der Waals surface area (Å²) in [6.07, 6.45) is 2.25. The molecule has 23 heavy (non-hydrogen) atoms. The van der Waals surface area contributed by atoms with Gasteiger partial charge in [0.2, 0.25) is 0 Å². The highest BCUT2D eigenvalue weighted by Crippen LogP contribution is 2.35. The van der Waals surface area contributed by atoms with Crippen LogP contribution in [-0.4, -0.2) is 22.6 Å². The molecule has 2 aromatic heterocycles. The molecule has 0 N–H and O–H groups in total. The molecule has 0 spiro atoms.